The minimum absolute atomic E-state index is 0.286. The number of hydrogen-bond donors (Lipinski definition) is 1. The van der Waals surface area contributed by atoms with E-state index in [1.54, 1.807) is 7.11 Å². The Morgan fingerprint density at radius 2 is 1.39 bits per heavy atom. The number of fused-ring (bicyclic) bond motifs is 1. The lowest BCUT2D eigenvalue weighted by atomic mass is 9.96. The molecule has 6 heteroatoms. The van der Waals surface area contributed by atoms with Crippen LogP contribution >= 0.6 is 0 Å². The molecule has 3 aromatic carbocycles. The molecular weight excluding hydrogens is 420 g/mol. The second kappa shape index (κ2) is 10.1. The summed E-state index contributed by atoms with van der Waals surface area (Å²) in [6, 6.07) is 29.5. The Morgan fingerprint density at radius 1 is 0.818 bits per heavy atom. The van der Waals surface area contributed by atoms with Gasteiger partial charge in [0.05, 0.1) is 6.61 Å². The van der Waals surface area contributed by atoms with Crippen LogP contribution in [0.15, 0.2) is 91.0 Å². The fourth-order valence-electron chi connectivity index (χ4n) is 4.44. The van der Waals surface area contributed by atoms with E-state index in [0.29, 0.717) is 0 Å². The van der Waals surface area contributed by atoms with Crippen molar-refractivity contribution in [3.05, 3.63) is 108 Å². The van der Waals surface area contributed by atoms with Gasteiger partial charge in [-0.2, -0.15) is 0 Å². The van der Waals surface area contributed by atoms with E-state index >= 15 is 0 Å². The molecule has 5 rings (SSSR count). The Bertz CT molecular complexity index is 959. The van der Waals surface area contributed by atoms with Crippen molar-refractivity contribution in [3.8, 4) is 0 Å². The molecule has 2 saturated heterocycles. The number of aliphatic hydroxyl groups is 1. The highest BCUT2D eigenvalue weighted by molar-refractivity contribution is 5.30. The maximum absolute atomic E-state index is 11.4. The summed E-state index contributed by atoms with van der Waals surface area (Å²) in [5.74, 6) is 0. The van der Waals surface area contributed by atoms with Crippen LogP contribution in [0.1, 0.15) is 29.1 Å². The highest BCUT2D eigenvalue weighted by atomic mass is 16.8. The fourth-order valence-corrected chi connectivity index (χ4v) is 4.44. The van der Waals surface area contributed by atoms with Gasteiger partial charge in [-0.15, -0.1) is 0 Å². The van der Waals surface area contributed by atoms with Crippen LogP contribution in [0.5, 0.6) is 0 Å². The maximum atomic E-state index is 11.4. The summed E-state index contributed by atoms with van der Waals surface area (Å²) >= 11 is 0. The van der Waals surface area contributed by atoms with Crippen molar-refractivity contribution < 1.29 is 28.8 Å². The molecule has 2 aliphatic heterocycles. The third-order valence-electron chi connectivity index (χ3n) is 6.11. The third kappa shape index (κ3) is 4.73. The second-order valence-corrected chi connectivity index (χ2v) is 8.25. The van der Waals surface area contributed by atoms with Crippen molar-refractivity contribution in [2.75, 3.05) is 13.7 Å². The van der Waals surface area contributed by atoms with Crippen molar-refractivity contribution in [3.63, 3.8) is 0 Å². The largest absolute Gasteiger partial charge is 0.387 e. The van der Waals surface area contributed by atoms with Gasteiger partial charge < -0.3 is 28.8 Å². The molecule has 0 spiro atoms. The molecule has 0 radical (unpaired) electrons. The highest BCUT2D eigenvalue weighted by Gasteiger charge is 2.51. The molecule has 172 valence electrons. The van der Waals surface area contributed by atoms with Crippen LogP contribution in [0.3, 0.4) is 0 Å². The fraction of sp³-hybridized carbons (Fsp3) is 0.333. The van der Waals surface area contributed by atoms with E-state index in [4.69, 9.17) is 23.7 Å². The molecule has 0 aromatic heterocycles. The van der Waals surface area contributed by atoms with Crippen LogP contribution in [0.2, 0.25) is 0 Å². The first-order valence-electron chi connectivity index (χ1n) is 11.2. The van der Waals surface area contributed by atoms with Crippen LogP contribution in [0, 0.1) is 0 Å². The molecule has 1 unspecified atom stereocenters. The summed E-state index contributed by atoms with van der Waals surface area (Å²) < 4.78 is 30.3. The molecule has 33 heavy (non-hydrogen) atoms. The molecule has 0 saturated carbocycles. The van der Waals surface area contributed by atoms with Crippen molar-refractivity contribution in [1.82, 2.24) is 0 Å². The van der Waals surface area contributed by atoms with Crippen molar-refractivity contribution >= 4 is 0 Å². The number of methoxy groups -OCH3 is 1. The van der Waals surface area contributed by atoms with Crippen LogP contribution in [0.25, 0.3) is 0 Å². The lowest BCUT2D eigenvalue weighted by Gasteiger charge is -2.47. The summed E-state index contributed by atoms with van der Waals surface area (Å²) in [5, 5.41) is 11.4. The Kier molecular flexibility index (Phi) is 6.83. The van der Waals surface area contributed by atoms with E-state index in [2.05, 4.69) is 0 Å². The number of hydrogen-bond acceptors (Lipinski definition) is 6. The van der Waals surface area contributed by atoms with Crippen molar-refractivity contribution in [2.24, 2.45) is 0 Å². The predicted molar refractivity (Wildman–Crippen MR) is 121 cm³/mol. The van der Waals surface area contributed by atoms with Gasteiger partial charge in [-0.05, 0) is 11.1 Å². The number of aliphatic hydroxyl groups excluding tert-OH is 1. The minimum atomic E-state index is -0.973. The van der Waals surface area contributed by atoms with E-state index in [1.807, 2.05) is 91.0 Å². The van der Waals surface area contributed by atoms with Gasteiger partial charge in [0.1, 0.15) is 30.5 Å². The third-order valence-corrected chi connectivity index (χ3v) is 6.11. The van der Waals surface area contributed by atoms with Crippen LogP contribution in [0.4, 0.5) is 0 Å². The molecule has 0 aliphatic carbocycles. The molecule has 6 nitrogen and oxygen atoms in total. The van der Waals surface area contributed by atoms with Gasteiger partial charge in [-0.1, -0.05) is 91.0 Å². The lowest BCUT2D eigenvalue weighted by molar-refractivity contribution is -0.365. The minimum Gasteiger partial charge on any atom is -0.387 e. The number of rotatable bonds is 6. The second-order valence-electron chi connectivity index (χ2n) is 8.25. The van der Waals surface area contributed by atoms with E-state index in [0.717, 1.165) is 16.7 Å². The molecule has 2 fully saturated rings. The Labute approximate surface area is 193 Å². The maximum Gasteiger partial charge on any atom is 0.186 e. The average molecular weight is 449 g/mol. The van der Waals surface area contributed by atoms with Crippen molar-refractivity contribution in [2.45, 2.75) is 43.1 Å². The van der Waals surface area contributed by atoms with Gasteiger partial charge in [-0.3, -0.25) is 0 Å². The molecule has 6 atom stereocenters. The lowest BCUT2D eigenvalue weighted by Crippen LogP contribution is -2.62. The van der Waals surface area contributed by atoms with E-state index < -0.39 is 43.1 Å². The summed E-state index contributed by atoms with van der Waals surface area (Å²) in [7, 11) is 1.55. The topological polar surface area (TPSA) is 66.4 Å². The van der Waals surface area contributed by atoms with E-state index in [9.17, 15) is 5.11 Å². The molecule has 0 amide bonds. The quantitative estimate of drug-likeness (QED) is 0.615. The van der Waals surface area contributed by atoms with Crippen molar-refractivity contribution in [1.29, 1.82) is 0 Å². The monoisotopic (exact) mass is 448 g/mol. The van der Waals surface area contributed by atoms with Gasteiger partial charge in [-0.25, -0.2) is 0 Å². The van der Waals surface area contributed by atoms with Gasteiger partial charge in [0.2, 0.25) is 0 Å². The number of benzene rings is 3. The van der Waals surface area contributed by atoms with Crippen LogP contribution in [-0.4, -0.2) is 49.5 Å². The zero-order chi connectivity index (χ0) is 22.6. The summed E-state index contributed by atoms with van der Waals surface area (Å²) in [4.78, 5) is 0. The highest BCUT2D eigenvalue weighted by Crippen LogP contribution is 2.38. The van der Waals surface area contributed by atoms with Gasteiger partial charge in [0.15, 0.2) is 12.6 Å². The molecule has 1 N–H and O–H groups in total. The normalized spacial score (nSPS) is 29.5. The smallest absolute Gasteiger partial charge is 0.186 e. The zero-order valence-corrected chi connectivity index (χ0v) is 18.4. The van der Waals surface area contributed by atoms with E-state index in [-0.39, 0.29) is 6.61 Å². The summed E-state index contributed by atoms with van der Waals surface area (Å²) in [6.45, 7) is 0.286. The Balaban J connectivity index is 1.41. The SMILES string of the molecule is CO[C@H]1O[C@@H]2COC(c3ccccc3)O[C@H]2[C@H](O)[C@H]1OC(c1ccccc1)c1ccccc1. The average Bonchev–Trinajstić information content (AvgIpc) is 2.89. The Morgan fingerprint density at radius 3 is 1.97 bits per heavy atom. The molecule has 3 aromatic rings. The van der Waals surface area contributed by atoms with Gasteiger partial charge in [0, 0.05) is 12.7 Å². The van der Waals surface area contributed by atoms with Crippen LogP contribution in [-0.2, 0) is 23.7 Å². The van der Waals surface area contributed by atoms with E-state index in [1.165, 1.54) is 0 Å². The Hall–Kier alpha value is -2.58. The number of ether oxygens (including phenoxy) is 5. The molecular formula is C27H28O6. The first kappa shape index (κ1) is 22.2. The molecule has 0 bridgehead atoms. The van der Waals surface area contributed by atoms with Crippen LogP contribution < -0.4 is 0 Å². The molecule has 2 heterocycles. The summed E-state index contributed by atoms with van der Waals surface area (Å²) in [5.41, 5.74) is 2.84. The molecule has 2 aliphatic rings. The first-order chi connectivity index (χ1) is 16.2. The predicted octanol–water partition coefficient (Wildman–Crippen LogP) is 4.01. The standard InChI is InChI=1S/C27H28O6/c1-29-27-25(32-23(18-11-5-2-6-12-18)19-13-7-3-8-14-19)22(28)24-21(31-27)17-30-26(33-24)20-15-9-4-10-16-20/h2-16,21-28H,17H2,1H3/t21-,22+,24-,25-,26?,27+/m1/s1. The first-order valence-corrected chi connectivity index (χ1v) is 11.2. The van der Waals surface area contributed by atoms with Gasteiger partial charge in [0.25, 0.3) is 0 Å². The summed E-state index contributed by atoms with van der Waals surface area (Å²) in [6.07, 6.45) is -4.57. The zero-order valence-electron chi connectivity index (χ0n) is 18.4. The van der Waals surface area contributed by atoms with Gasteiger partial charge >= 0.3 is 0 Å².